The zero-order valence-electron chi connectivity index (χ0n) is 14.0. The summed E-state index contributed by atoms with van der Waals surface area (Å²) in [6, 6.07) is 6.86. The second-order valence-corrected chi connectivity index (χ2v) is 6.76. The first-order chi connectivity index (χ1) is 11.2. The molecule has 0 radical (unpaired) electrons. The summed E-state index contributed by atoms with van der Waals surface area (Å²) in [5, 5.41) is 16.1. The molecule has 24 heavy (non-hydrogen) atoms. The SMILES string of the molecule is CCNC(=NCc1ccc(C#N)cc1F)NC1CCC(SC)C1.I. The van der Waals surface area contributed by atoms with Gasteiger partial charge in [0.1, 0.15) is 5.82 Å². The van der Waals surface area contributed by atoms with Gasteiger partial charge in [-0.15, -0.1) is 24.0 Å². The fourth-order valence-corrected chi connectivity index (χ4v) is 3.50. The first-order valence-electron chi connectivity index (χ1n) is 7.92. The molecule has 0 bridgehead atoms. The van der Waals surface area contributed by atoms with Crippen LogP contribution >= 0.6 is 35.7 Å². The number of rotatable bonds is 5. The highest BCUT2D eigenvalue weighted by molar-refractivity contribution is 14.0. The molecule has 2 atom stereocenters. The summed E-state index contributed by atoms with van der Waals surface area (Å²) in [6.07, 6.45) is 5.65. The van der Waals surface area contributed by atoms with Crippen LogP contribution in [0.2, 0.25) is 0 Å². The van der Waals surface area contributed by atoms with Gasteiger partial charge in [-0.3, -0.25) is 0 Å². The normalized spacial score (nSPS) is 20.2. The van der Waals surface area contributed by atoms with Crippen molar-refractivity contribution in [2.75, 3.05) is 12.8 Å². The third kappa shape index (κ3) is 6.13. The van der Waals surface area contributed by atoms with Gasteiger partial charge in [0, 0.05) is 23.4 Å². The van der Waals surface area contributed by atoms with E-state index in [0.29, 0.717) is 22.4 Å². The molecular formula is C17H24FIN4S. The second-order valence-electron chi connectivity index (χ2n) is 5.63. The molecule has 0 aromatic heterocycles. The molecular weight excluding hydrogens is 438 g/mol. The number of thioether (sulfide) groups is 1. The molecule has 0 heterocycles. The fourth-order valence-electron chi connectivity index (χ4n) is 2.71. The zero-order valence-corrected chi connectivity index (χ0v) is 17.2. The van der Waals surface area contributed by atoms with E-state index in [2.05, 4.69) is 21.9 Å². The maximum absolute atomic E-state index is 13.9. The lowest BCUT2D eigenvalue weighted by molar-refractivity contribution is 0.603. The number of benzene rings is 1. The predicted octanol–water partition coefficient (Wildman–Crippen LogP) is 3.65. The van der Waals surface area contributed by atoms with Gasteiger partial charge in [0.15, 0.2) is 5.96 Å². The van der Waals surface area contributed by atoms with Crippen LogP contribution in [0.3, 0.4) is 0 Å². The van der Waals surface area contributed by atoms with Crippen LogP contribution in [0, 0.1) is 17.1 Å². The van der Waals surface area contributed by atoms with E-state index in [1.165, 1.54) is 12.5 Å². The molecule has 132 valence electrons. The van der Waals surface area contributed by atoms with Crippen LogP contribution in [0.1, 0.15) is 37.3 Å². The quantitative estimate of drug-likeness (QED) is 0.399. The summed E-state index contributed by atoms with van der Waals surface area (Å²) < 4.78 is 13.9. The Balaban J connectivity index is 0.00000288. The second kappa shape index (κ2) is 10.8. The van der Waals surface area contributed by atoms with E-state index in [1.807, 2.05) is 24.8 Å². The standard InChI is InChI=1S/C17H23FN4S.HI/c1-3-20-17(22-14-6-7-15(9-14)23-2)21-11-13-5-4-12(10-19)8-16(13)18;/h4-5,8,14-15H,3,6-7,9,11H2,1-2H3,(H2,20,21,22);1H. The predicted molar refractivity (Wildman–Crippen MR) is 109 cm³/mol. The number of guanidine groups is 1. The van der Waals surface area contributed by atoms with Crippen LogP contribution in [-0.4, -0.2) is 30.1 Å². The van der Waals surface area contributed by atoms with Crippen LogP contribution in [-0.2, 0) is 6.54 Å². The van der Waals surface area contributed by atoms with Crippen molar-refractivity contribution in [2.24, 2.45) is 4.99 Å². The Morgan fingerprint density at radius 2 is 2.25 bits per heavy atom. The summed E-state index contributed by atoms with van der Waals surface area (Å²) in [5.74, 6) is 0.343. The van der Waals surface area contributed by atoms with E-state index in [0.717, 1.165) is 25.3 Å². The number of nitrogens with one attached hydrogen (secondary N) is 2. The minimum atomic E-state index is -0.382. The van der Waals surface area contributed by atoms with Crippen molar-refractivity contribution < 1.29 is 4.39 Å². The summed E-state index contributed by atoms with van der Waals surface area (Å²) >= 11 is 1.92. The largest absolute Gasteiger partial charge is 0.357 e. The molecule has 1 aromatic rings. The molecule has 1 fully saturated rings. The van der Waals surface area contributed by atoms with Gasteiger partial charge in [0.05, 0.1) is 18.2 Å². The van der Waals surface area contributed by atoms with Crippen LogP contribution in [0.4, 0.5) is 4.39 Å². The van der Waals surface area contributed by atoms with Gasteiger partial charge in [0.25, 0.3) is 0 Å². The Hall–Kier alpha value is -1.01. The molecule has 0 amide bonds. The maximum atomic E-state index is 13.9. The monoisotopic (exact) mass is 462 g/mol. The lowest BCUT2D eigenvalue weighted by Crippen LogP contribution is -2.42. The Morgan fingerprint density at radius 1 is 1.46 bits per heavy atom. The first kappa shape index (κ1) is 21.0. The van der Waals surface area contributed by atoms with Crippen molar-refractivity contribution in [3.8, 4) is 6.07 Å². The van der Waals surface area contributed by atoms with Gasteiger partial charge in [-0.1, -0.05) is 6.07 Å². The highest BCUT2D eigenvalue weighted by Gasteiger charge is 2.24. The summed E-state index contributed by atoms with van der Waals surface area (Å²) in [4.78, 5) is 4.48. The minimum Gasteiger partial charge on any atom is -0.357 e. The van der Waals surface area contributed by atoms with E-state index in [-0.39, 0.29) is 36.3 Å². The average Bonchev–Trinajstić information content (AvgIpc) is 3.01. The van der Waals surface area contributed by atoms with Gasteiger partial charge < -0.3 is 10.6 Å². The number of hydrogen-bond donors (Lipinski definition) is 2. The van der Waals surface area contributed by atoms with Crippen molar-refractivity contribution in [3.05, 3.63) is 35.1 Å². The molecule has 0 saturated heterocycles. The molecule has 2 N–H and O–H groups in total. The molecule has 2 unspecified atom stereocenters. The minimum absolute atomic E-state index is 0. The topological polar surface area (TPSA) is 60.2 Å². The van der Waals surface area contributed by atoms with Crippen molar-refractivity contribution >= 4 is 41.7 Å². The van der Waals surface area contributed by atoms with Crippen LogP contribution in [0.25, 0.3) is 0 Å². The Labute approximate surface area is 164 Å². The average molecular weight is 462 g/mol. The van der Waals surface area contributed by atoms with Gasteiger partial charge in [-0.05, 0) is 44.6 Å². The molecule has 0 spiro atoms. The Kier molecular flexibility index (Phi) is 9.44. The van der Waals surface area contributed by atoms with Crippen LogP contribution in [0.5, 0.6) is 0 Å². The molecule has 1 aliphatic rings. The van der Waals surface area contributed by atoms with Crippen molar-refractivity contribution in [3.63, 3.8) is 0 Å². The van der Waals surface area contributed by atoms with E-state index in [1.54, 1.807) is 12.1 Å². The molecule has 1 aliphatic carbocycles. The Morgan fingerprint density at radius 3 is 2.83 bits per heavy atom. The molecule has 4 nitrogen and oxygen atoms in total. The summed E-state index contributed by atoms with van der Waals surface area (Å²) in [6.45, 7) is 3.03. The van der Waals surface area contributed by atoms with Crippen molar-refractivity contribution in [1.82, 2.24) is 10.6 Å². The third-order valence-corrected chi connectivity index (χ3v) is 5.09. The number of hydrogen-bond acceptors (Lipinski definition) is 3. The highest BCUT2D eigenvalue weighted by Crippen LogP contribution is 2.28. The molecule has 1 aromatic carbocycles. The fraction of sp³-hybridized carbons (Fsp3) is 0.529. The van der Waals surface area contributed by atoms with Crippen molar-refractivity contribution in [2.45, 2.75) is 44.0 Å². The summed E-state index contributed by atoms with van der Waals surface area (Å²) in [7, 11) is 0. The molecule has 7 heteroatoms. The smallest absolute Gasteiger partial charge is 0.191 e. The van der Waals surface area contributed by atoms with Crippen LogP contribution < -0.4 is 10.6 Å². The van der Waals surface area contributed by atoms with Crippen LogP contribution in [0.15, 0.2) is 23.2 Å². The lowest BCUT2D eigenvalue weighted by atomic mass is 10.1. The maximum Gasteiger partial charge on any atom is 0.191 e. The number of aliphatic imine (C=N–C) groups is 1. The number of halogens is 2. The highest BCUT2D eigenvalue weighted by atomic mass is 127. The van der Waals surface area contributed by atoms with Gasteiger partial charge >= 0.3 is 0 Å². The zero-order chi connectivity index (χ0) is 16.7. The molecule has 0 aliphatic heterocycles. The lowest BCUT2D eigenvalue weighted by Gasteiger charge is -2.17. The first-order valence-corrected chi connectivity index (χ1v) is 9.21. The molecule has 1 saturated carbocycles. The third-order valence-electron chi connectivity index (χ3n) is 3.99. The van der Waals surface area contributed by atoms with Gasteiger partial charge in [-0.2, -0.15) is 17.0 Å². The Bertz CT molecular complexity index is 603. The van der Waals surface area contributed by atoms with Gasteiger partial charge in [-0.25, -0.2) is 9.38 Å². The number of nitriles is 1. The van der Waals surface area contributed by atoms with E-state index in [4.69, 9.17) is 5.26 Å². The van der Waals surface area contributed by atoms with E-state index >= 15 is 0 Å². The van der Waals surface area contributed by atoms with E-state index in [9.17, 15) is 4.39 Å². The number of nitrogens with zero attached hydrogens (tertiary/aromatic N) is 2. The summed E-state index contributed by atoms with van der Waals surface area (Å²) in [5.41, 5.74) is 0.823. The van der Waals surface area contributed by atoms with Gasteiger partial charge in [0.2, 0.25) is 0 Å². The molecule has 2 rings (SSSR count). The van der Waals surface area contributed by atoms with Crippen molar-refractivity contribution in [1.29, 1.82) is 5.26 Å². The van der Waals surface area contributed by atoms with E-state index < -0.39 is 0 Å².